The van der Waals surface area contributed by atoms with Crippen LogP contribution in [0.3, 0.4) is 0 Å². The topological polar surface area (TPSA) is 52.6 Å². The number of aliphatic hydroxyl groups is 1. The molecule has 0 bridgehead atoms. The first-order valence-corrected chi connectivity index (χ1v) is 9.44. The monoisotopic (exact) mass is 428 g/mol. The first-order chi connectivity index (χ1) is 14.1. The minimum absolute atomic E-state index is 0.267. The molecule has 1 atom stereocenters. The number of urea groups is 1. The number of alkyl halides is 5. The number of anilines is 1. The van der Waals surface area contributed by atoms with Gasteiger partial charge in [0, 0.05) is 18.8 Å². The molecule has 2 amide bonds. The Labute approximate surface area is 170 Å². The number of halogens is 5. The summed E-state index contributed by atoms with van der Waals surface area (Å²) in [7, 11) is 0. The second-order valence-electron chi connectivity index (χ2n) is 7.16. The first kappa shape index (κ1) is 22.0. The van der Waals surface area contributed by atoms with Crippen molar-refractivity contribution >= 4 is 11.7 Å². The zero-order valence-corrected chi connectivity index (χ0v) is 15.9. The number of nitrogens with one attached hydrogen (secondary N) is 1. The van der Waals surface area contributed by atoms with Crippen molar-refractivity contribution in [1.29, 1.82) is 0 Å². The molecule has 0 saturated heterocycles. The lowest BCUT2D eigenvalue weighted by molar-refractivity contribution is -0.305. The second kappa shape index (κ2) is 8.59. The van der Waals surface area contributed by atoms with Crippen LogP contribution in [0.25, 0.3) is 0 Å². The molecular formula is C21H21F5N2O2. The quantitative estimate of drug-likeness (QED) is 0.691. The summed E-state index contributed by atoms with van der Waals surface area (Å²) in [5, 5.41) is 12.5. The summed E-state index contributed by atoms with van der Waals surface area (Å²) in [4.78, 5) is 14.1. The Balaban J connectivity index is 1.89. The molecule has 0 spiro atoms. The number of hydrogen-bond acceptors (Lipinski definition) is 2. The number of carbonyl (C=O) groups is 1. The molecule has 1 aliphatic heterocycles. The number of rotatable bonds is 4. The van der Waals surface area contributed by atoms with E-state index in [4.69, 9.17) is 0 Å². The summed E-state index contributed by atoms with van der Waals surface area (Å²) in [5.41, 5.74) is -3.67. The summed E-state index contributed by atoms with van der Waals surface area (Å²) in [6, 6.07) is 11.7. The van der Waals surface area contributed by atoms with E-state index in [1.807, 2.05) is 30.3 Å². The highest BCUT2D eigenvalue weighted by atomic mass is 19.4. The van der Waals surface area contributed by atoms with Gasteiger partial charge >= 0.3 is 12.2 Å². The molecule has 2 N–H and O–H groups in total. The van der Waals surface area contributed by atoms with Crippen LogP contribution < -0.4 is 10.2 Å². The van der Waals surface area contributed by atoms with Gasteiger partial charge in [-0.25, -0.2) is 13.6 Å². The SMILES string of the molecule is O=C(NCc1ccccc1)N1CCCCc2cc(C(O)(C(F)F)C(F)(F)F)ccc21. The number of benzene rings is 2. The number of aryl methyl sites for hydroxylation is 1. The zero-order valence-electron chi connectivity index (χ0n) is 15.9. The molecule has 0 fully saturated rings. The van der Waals surface area contributed by atoms with Crippen molar-refractivity contribution in [2.24, 2.45) is 0 Å². The average Bonchev–Trinajstić information content (AvgIpc) is 2.93. The van der Waals surface area contributed by atoms with Gasteiger partial charge < -0.3 is 10.4 Å². The molecular weight excluding hydrogens is 407 g/mol. The standard InChI is InChI=1S/C21H21F5N2O2/c22-18(23)20(30,21(24,25)26)16-9-10-17-15(12-16)8-4-5-11-28(17)19(29)27-13-14-6-2-1-3-7-14/h1-3,6-7,9-10,12,18,30H,4-5,8,11,13H2,(H,27,29). The van der Waals surface area contributed by atoms with Crippen LogP contribution in [0, 0.1) is 0 Å². The van der Waals surface area contributed by atoms with Crippen LogP contribution in [-0.4, -0.2) is 30.3 Å². The Kier molecular flexibility index (Phi) is 6.30. The summed E-state index contributed by atoms with van der Waals surface area (Å²) in [6.07, 6.45) is -8.12. The van der Waals surface area contributed by atoms with Crippen molar-refractivity contribution in [3.8, 4) is 0 Å². The molecule has 2 aromatic carbocycles. The Hall–Kier alpha value is -2.68. The van der Waals surface area contributed by atoms with E-state index in [0.29, 0.717) is 37.1 Å². The maximum absolute atomic E-state index is 13.2. The van der Waals surface area contributed by atoms with Gasteiger partial charge in [-0.2, -0.15) is 13.2 Å². The fourth-order valence-electron chi connectivity index (χ4n) is 3.49. The number of hydrogen-bond donors (Lipinski definition) is 2. The molecule has 2 aromatic rings. The van der Waals surface area contributed by atoms with Crippen molar-refractivity contribution in [2.75, 3.05) is 11.4 Å². The molecule has 3 rings (SSSR count). The Bertz CT molecular complexity index is 889. The van der Waals surface area contributed by atoms with E-state index in [-0.39, 0.29) is 6.54 Å². The van der Waals surface area contributed by atoms with Gasteiger partial charge in [-0.3, -0.25) is 4.90 Å². The lowest BCUT2D eigenvalue weighted by Crippen LogP contribution is -2.48. The maximum atomic E-state index is 13.2. The molecule has 1 aliphatic rings. The van der Waals surface area contributed by atoms with Gasteiger partial charge in [0.2, 0.25) is 5.60 Å². The van der Waals surface area contributed by atoms with Crippen molar-refractivity contribution in [3.05, 3.63) is 65.2 Å². The van der Waals surface area contributed by atoms with Crippen LogP contribution in [0.4, 0.5) is 32.4 Å². The number of nitrogens with zero attached hydrogens (tertiary/aromatic N) is 1. The van der Waals surface area contributed by atoms with E-state index in [1.54, 1.807) is 0 Å². The van der Waals surface area contributed by atoms with Gasteiger partial charge in [-0.1, -0.05) is 42.5 Å². The molecule has 1 heterocycles. The number of amides is 2. The van der Waals surface area contributed by atoms with Crippen LogP contribution >= 0.6 is 0 Å². The summed E-state index contributed by atoms with van der Waals surface area (Å²) < 4.78 is 66.0. The second-order valence-corrected chi connectivity index (χ2v) is 7.16. The third kappa shape index (κ3) is 4.26. The van der Waals surface area contributed by atoms with E-state index in [1.165, 1.54) is 11.0 Å². The minimum Gasteiger partial charge on any atom is -0.372 e. The average molecular weight is 428 g/mol. The van der Waals surface area contributed by atoms with Gasteiger partial charge in [0.1, 0.15) is 0 Å². The van der Waals surface area contributed by atoms with Crippen LogP contribution in [0.2, 0.25) is 0 Å². The smallest absolute Gasteiger partial charge is 0.372 e. The molecule has 4 nitrogen and oxygen atoms in total. The van der Waals surface area contributed by atoms with Gasteiger partial charge in [-0.15, -0.1) is 0 Å². The molecule has 0 aromatic heterocycles. The minimum atomic E-state index is -5.55. The number of fused-ring (bicyclic) bond motifs is 1. The molecule has 1 unspecified atom stereocenters. The predicted molar refractivity (Wildman–Crippen MR) is 101 cm³/mol. The Morgan fingerprint density at radius 2 is 1.80 bits per heavy atom. The van der Waals surface area contributed by atoms with E-state index in [2.05, 4.69) is 5.32 Å². The fourth-order valence-corrected chi connectivity index (χ4v) is 3.49. The lowest BCUT2D eigenvalue weighted by Gasteiger charge is -2.31. The molecule has 0 radical (unpaired) electrons. The molecule has 0 aliphatic carbocycles. The molecule has 0 saturated carbocycles. The van der Waals surface area contributed by atoms with Crippen molar-refractivity contribution in [1.82, 2.24) is 5.32 Å². The van der Waals surface area contributed by atoms with Crippen LogP contribution in [0.1, 0.15) is 29.5 Å². The molecule has 9 heteroatoms. The normalized spacial score (nSPS) is 16.6. The van der Waals surface area contributed by atoms with E-state index in [0.717, 1.165) is 17.7 Å². The third-order valence-corrected chi connectivity index (χ3v) is 5.17. The summed E-state index contributed by atoms with van der Waals surface area (Å²) in [5.74, 6) is 0. The lowest BCUT2D eigenvalue weighted by atomic mass is 9.90. The van der Waals surface area contributed by atoms with Crippen LogP contribution in [-0.2, 0) is 18.6 Å². The Morgan fingerprint density at radius 1 is 1.10 bits per heavy atom. The predicted octanol–water partition coefficient (Wildman–Crippen LogP) is 4.75. The Morgan fingerprint density at radius 3 is 2.43 bits per heavy atom. The molecule has 162 valence electrons. The van der Waals surface area contributed by atoms with E-state index < -0.39 is 29.8 Å². The first-order valence-electron chi connectivity index (χ1n) is 9.44. The molecule has 30 heavy (non-hydrogen) atoms. The van der Waals surface area contributed by atoms with Gasteiger partial charge in [0.05, 0.1) is 0 Å². The number of carbonyl (C=O) groups excluding carboxylic acids is 1. The highest BCUT2D eigenvalue weighted by Gasteiger charge is 2.61. The van der Waals surface area contributed by atoms with Crippen molar-refractivity contribution in [3.63, 3.8) is 0 Å². The van der Waals surface area contributed by atoms with E-state index >= 15 is 0 Å². The zero-order chi connectivity index (χ0) is 21.9. The van der Waals surface area contributed by atoms with Gasteiger partial charge in [0.25, 0.3) is 6.43 Å². The van der Waals surface area contributed by atoms with Crippen LogP contribution in [0.5, 0.6) is 0 Å². The van der Waals surface area contributed by atoms with E-state index in [9.17, 15) is 31.9 Å². The van der Waals surface area contributed by atoms with Crippen molar-refractivity contribution < 1.29 is 31.9 Å². The van der Waals surface area contributed by atoms with Gasteiger partial charge in [-0.05, 0) is 42.0 Å². The van der Waals surface area contributed by atoms with Gasteiger partial charge in [0.15, 0.2) is 0 Å². The van der Waals surface area contributed by atoms with Crippen LogP contribution in [0.15, 0.2) is 48.5 Å². The summed E-state index contributed by atoms with van der Waals surface area (Å²) >= 11 is 0. The maximum Gasteiger partial charge on any atom is 0.427 e. The van der Waals surface area contributed by atoms with Crippen molar-refractivity contribution in [2.45, 2.75) is 44.0 Å². The highest BCUT2D eigenvalue weighted by molar-refractivity contribution is 5.93. The third-order valence-electron chi connectivity index (χ3n) is 5.17. The highest BCUT2D eigenvalue weighted by Crippen LogP contribution is 2.44. The summed E-state index contributed by atoms with van der Waals surface area (Å²) in [6.45, 7) is 0.605. The fraction of sp³-hybridized carbons (Fsp3) is 0.381. The largest absolute Gasteiger partial charge is 0.427 e.